The topological polar surface area (TPSA) is 111 Å². The lowest BCUT2D eigenvalue weighted by Crippen LogP contribution is -2.43. The Labute approximate surface area is 196 Å². The molecule has 1 aromatic heterocycles. The number of tetrazole rings is 1. The van der Waals surface area contributed by atoms with Crippen LogP contribution in [0.5, 0.6) is 5.75 Å². The normalized spacial score (nSPS) is 10.5. The molecule has 172 valence electrons. The molecule has 0 bridgehead atoms. The van der Waals surface area contributed by atoms with E-state index in [4.69, 9.17) is 4.74 Å². The van der Waals surface area contributed by atoms with Crippen LogP contribution in [0.3, 0.4) is 0 Å². The van der Waals surface area contributed by atoms with E-state index in [1.54, 1.807) is 24.3 Å². The Morgan fingerprint density at radius 2 is 1.59 bits per heavy atom. The van der Waals surface area contributed by atoms with Crippen molar-refractivity contribution >= 4 is 11.8 Å². The highest BCUT2D eigenvalue weighted by molar-refractivity contribution is 5.95. The Bertz CT molecular complexity index is 1240. The molecule has 0 radical (unpaired) electrons. The molecule has 2 N–H and O–H groups in total. The minimum Gasteiger partial charge on any atom is -0.484 e. The number of rotatable bonds is 8. The summed E-state index contributed by atoms with van der Waals surface area (Å²) in [5.74, 6) is 0.245. The molecule has 4 aromatic rings. The van der Waals surface area contributed by atoms with E-state index < -0.39 is 11.8 Å². The predicted molar refractivity (Wildman–Crippen MR) is 126 cm³/mol. The largest absolute Gasteiger partial charge is 0.484 e. The van der Waals surface area contributed by atoms with Crippen molar-refractivity contribution in [3.05, 3.63) is 95.6 Å². The van der Waals surface area contributed by atoms with Crippen LogP contribution in [-0.2, 0) is 17.8 Å². The minimum atomic E-state index is -0.462. The van der Waals surface area contributed by atoms with E-state index in [1.165, 1.54) is 10.4 Å². The number of benzene rings is 3. The lowest BCUT2D eigenvalue weighted by atomic mass is 10.1. The summed E-state index contributed by atoms with van der Waals surface area (Å²) < 4.78 is 5.42. The predicted octanol–water partition coefficient (Wildman–Crippen LogP) is 2.79. The van der Waals surface area contributed by atoms with Crippen LogP contribution in [0.25, 0.3) is 11.4 Å². The van der Waals surface area contributed by atoms with Crippen LogP contribution in [-0.4, -0.2) is 38.6 Å². The molecule has 0 aliphatic heterocycles. The number of ether oxygens (including phenoxy) is 1. The second-order valence-corrected chi connectivity index (χ2v) is 7.49. The van der Waals surface area contributed by atoms with Gasteiger partial charge in [0.15, 0.2) is 6.61 Å². The summed E-state index contributed by atoms with van der Waals surface area (Å²) >= 11 is 0. The molecule has 1 heterocycles. The molecule has 0 aliphatic carbocycles. The Morgan fingerprint density at radius 3 is 2.29 bits per heavy atom. The second kappa shape index (κ2) is 10.9. The quantitative estimate of drug-likeness (QED) is 0.395. The zero-order valence-electron chi connectivity index (χ0n) is 18.6. The third kappa shape index (κ3) is 6.04. The third-order valence-corrected chi connectivity index (χ3v) is 5.04. The average Bonchev–Trinajstić information content (AvgIpc) is 3.36. The number of carbonyl (C=O) groups is 2. The van der Waals surface area contributed by atoms with Gasteiger partial charge in [-0.2, -0.15) is 4.80 Å². The Balaban J connectivity index is 1.24. The summed E-state index contributed by atoms with van der Waals surface area (Å²) in [5.41, 5.74) is 8.11. The molecule has 0 saturated heterocycles. The summed E-state index contributed by atoms with van der Waals surface area (Å²) in [6.45, 7) is 2.27. The first-order valence-electron chi connectivity index (χ1n) is 10.8. The number of aryl methyl sites for hydroxylation is 1. The first kappa shape index (κ1) is 22.7. The fourth-order valence-corrected chi connectivity index (χ4v) is 3.14. The molecule has 0 aliphatic rings. The van der Waals surface area contributed by atoms with Crippen LogP contribution in [0, 0.1) is 0 Å². The van der Waals surface area contributed by atoms with Crippen LogP contribution < -0.4 is 15.6 Å². The van der Waals surface area contributed by atoms with Crippen molar-refractivity contribution < 1.29 is 14.3 Å². The summed E-state index contributed by atoms with van der Waals surface area (Å²) in [7, 11) is 0. The zero-order chi connectivity index (χ0) is 23.8. The zero-order valence-corrected chi connectivity index (χ0v) is 18.6. The van der Waals surface area contributed by atoms with Crippen LogP contribution >= 0.6 is 0 Å². The van der Waals surface area contributed by atoms with Crippen molar-refractivity contribution in [2.45, 2.75) is 19.9 Å². The van der Waals surface area contributed by atoms with Gasteiger partial charge in [0.05, 0.1) is 6.54 Å². The maximum Gasteiger partial charge on any atom is 0.276 e. The van der Waals surface area contributed by atoms with Gasteiger partial charge < -0.3 is 4.74 Å². The number of hydrogen-bond acceptors (Lipinski definition) is 6. The molecular formula is C25H24N6O3. The van der Waals surface area contributed by atoms with Crippen molar-refractivity contribution in [1.82, 2.24) is 31.1 Å². The molecule has 9 nitrogen and oxygen atoms in total. The highest BCUT2D eigenvalue weighted by atomic mass is 16.5. The summed E-state index contributed by atoms with van der Waals surface area (Å²) in [5, 5.41) is 12.5. The number of nitrogens with one attached hydrogen (secondary N) is 2. The molecule has 0 fully saturated rings. The summed E-state index contributed by atoms with van der Waals surface area (Å²) in [6.07, 6.45) is 0.931. The van der Waals surface area contributed by atoms with Gasteiger partial charge in [-0.05, 0) is 47.0 Å². The van der Waals surface area contributed by atoms with Gasteiger partial charge in [0.25, 0.3) is 11.8 Å². The number of aromatic nitrogens is 4. The SMILES string of the molecule is CCc1ccc(OCC(=O)NNC(=O)c2ccc(Cn3nnc(-c4ccccc4)n3)cc2)cc1. The Morgan fingerprint density at radius 1 is 0.882 bits per heavy atom. The first-order valence-corrected chi connectivity index (χ1v) is 10.8. The molecule has 0 unspecified atom stereocenters. The molecule has 0 spiro atoms. The van der Waals surface area contributed by atoms with Gasteiger partial charge >= 0.3 is 0 Å². The molecule has 4 rings (SSSR count). The monoisotopic (exact) mass is 456 g/mol. The van der Waals surface area contributed by atoms with Gasteiger partial charge in [0.1, 0.15) is 5.75 Å². The standard InChI is InChI=1S/C25H24N6O3/c1-2-18-10-14-22(15-11-18)34-17-23(32)26-28-25(33)21-12-8-19(9-13-21)16-31-29-24(27-30-31)20-6-4-3-5-7-20/h3-15H,2,16-17H2,1H3,(H,26,32)(H,28,33). The average molecular weight is 457 g/mol. The number of nitrogens with zero attached hydrogens (tertiary/aromatic N) is 4. The molecule has 0 saturated carbocycles. The van der Waals surface area contributed by atoms with E-state index >= 15 is 0 Å². The van der Waals surface area contributed by atoms with E-state index in [-0.39, 0.29) is 6.61 Å². The highest BCUT2D eigenvalue weighted by Crippen LogP contribution is 2.13. The van der Waals surface area contributed by atoms with Crippen molar-refractivity contribution in [3.8, 4) is 17.1 Å². The van der Waals surface area contributed by atoms with Gasteiger partial charge in [-0.1, -0.05) is 61.5 Å². The van der Waals surface area contributed by atoms with Gasteiger partial charge in [0, 0.05) is 11.1 Å². The second-order valence-electron chi connectivity index (χ2n) is 7.49. The minimum absolute atomic E-state index is 0.208. The van der Waals surface area contributed by atoms with Gasteiger partial charge in [-0.15, -0.1) is 10.2 Å². The van der Waals surface area contributed by atoms with Crippen LogP contribution in [0.4, 0.5) is 0 Å². The molecular weight excluding hydrogens is 432 g/mol. The smallest absolute Gasteiger partial charge is 0.276 e. The van der Waals surface area contributed by atoms with E-state index in [2.05, 4.69) is 33.2 Å². The van der Waals surface area contributed by atoms with E-state index in [1.807, 2.05) is 54.6 Å². The van der Waals surface area contributed by atoms with Gasteiger partial charge in [-0.25, -0.2) is 0 Å². The van der Waals surface area contributed by atoms with Crippen molar-refractivity contribution in [2.75, 3.05) is 6.61 Å². The van der Waals surface area contributed by atoms with E-state index in [9.17, 15) is 9.59 Å². The fourth-order valence-electron chi connectivity index (χ4n) is 3.14. The van der Waals surface area contributed by atoms with Crippen LogP contribution in [0.15, 0.2) is 78.9 Å². The number of hydrogen-bond donors (Lipinski definition) is 2. The molecule has 9 heteroatoms. The van der Waals surface area contributed by atoms with E-state index in [0.717, 1.165) is 17.5 Å². The summed E-state index contributed by atoms with van der Waals surface area (Å²) in [4.78, 5) is 25.8. The first-order chi connectivity index (χ1) is 16.6. The maximum atomic E-state index is 12.3. The van der Waals surface area contributed by atoms with Crippen LogP contribution in [0.2, 0.25) is 0 Å². The number of amides is 2. The number of carbonyl (C=O) groups excluding carboxylic acids is 2. The molecule has 34 heavy (non-hydrogen) atoms. The van der Waals surface area contributed by atoms with Crippen LogP contribution in [0.1, 0.15) is 28.4 Å². The Kier molecular flexibility index (Phi) is 7.24. The van der Waals surface area contributed by atoms with Crippen molar-refractivity contribution in [3.63, 3.8) is 0 Å². The lowest BCUT2D eigenvalue weighted by Gasteiger charge is -2.09. The van der Waals surface area contributed by atoms with Gasteiger partial charge in [0.2, 0.25) is 5.82 Å². The fraction of sp³-hybridized carbons (Fsp3) is 0.160. The molecule has 2 amide bonds. The maximum absolute atomic E-state index is 12.3. The van der Waals surface area contributed by atoms with Gasteiger partial charge in [-0.3, -0.25) is 20.4 Å². The third-order valence-electron chi connectivity index (χ3n) is 5.04. The molecule has 3 aromatic carbocycles. The summed E-state index contributed by atoms with van der Waals surface area (Å²) in [6, 6.07) is 24.0. The molecule has 0 atom stereocenters. The van der Waals surface area contributed by atoms with Crippen molar-refractivity contribution in [1.29, 1.82) is 0 Å². The Hall–Kier alpha value is -4.53. The highest BCUT2D eigenvalue weighted by Gasteiger charge is 2.10. The number of hydrazine groups is 1. The lowest BCUT2D eigenvalue weighted by molar-refractivity contribution is -0.123. The van der Waals surface area contributed by atoms with Crippen molar-refractivity contribution in [2.24, 2.45) is 0 Å². The van der Waals surface area contributed by atoms with E-state index in [0.29, 0.717) is 23.7 Å².